The molecular formula is C21H18Cl2N6O. The fourth-order valence-electron chi connectivity index (χ4n) is 3.83. The molecule has 1 aliphatic rings. The molecular weight excluding hydrogens is 423 g/mol. The van der Waals surface area contributed by atoms with Crippen molar-refractivity contribution >= 4 is 45.8 Å². The lowest BCUT2D eigenvalue weighted by atomic mass is 10.2. The third-order valence-corrected chi connectivity index (χ3v) is 5.89. The summed E-state index contributed by atoms with van der Waals surface area (Å²) in [5.74, 6) is -0.339. The first-order valence-electron chi connectivity index (χ1n) is 9.64. The summed E-state index contributed by atoms with van der Waals surface area (Å²) in [4.78, 5) is 17.2. The van der Waals surface area contributed by atoms with Crippen LogP contribution in [-0.2, 0) is 19.5 Å². The van der Waals surface area contributed by atoms with Crippen molar-refractivity contribution in [3.05, 3.63) is 69.2 Å². The topological polar surface area (TPSA) is 77.6 Å². The molecule has 5 rings (SSSR count). The summed E-state index contributed by atoms with van der Waals surface area (Å²) in [7, 11) is 0. The van der Waals surface area contributed by atoms with Crippen LogP contribution in [0.25, 0.3) is 11.0 Å². The van der Waals surface area contributed by atoms with Gasteiger partial charge in [0, 0.05) is 29.1 Å². The lowest BCUT2D eigenvalue weighted by Gasteiger charge is -2.08. The van der Waals surface area contributed by atoms with Crippen molar-refractivity contribution in [3.8, 4) is 0 Å². The Balaban J connectivity index is 1.46. The van der Waals surface area contributed by atoms with Gasteiger partial charge in [0.2, 0.25) is 0 Å². The SMILES string of the molecule is Cc1nn(Cc2cc3n(n2)CCC3)c2ncc(C(=O)Nc3ccc(Cl)cc3)c(Cl)c12. The third-order valence-electron chi connectivity index (χ3n) is 5.25. The van der Waals surface area contributed by atoms with Crippen LogP contribution in [-0.4, -0.2) is 30.5 Å². The van der Waals surface area contributed by atoms with Gasteiger partial charge < -0.3 is 5.32 Å². The molecule has 0 atom stereocenters. The van der Waals surface area contributed by atoms with Gasteiger partial charge >= 0.3 is 0 Å². The van der Waals surface area contributed by atoms with Crippen molar-refractivity contribution in [1.29, 1.82) is 0 Å². The first kappa shape index (κ1) is 19.1. The number of anilines is 1. The van der Waals surface area contributed by atoms with Crippen LogP contribution >= 0.6 is 23.2 Å². The normalized spacial score (nSPS) is 13.0. The van der Waals surface area contributed by atoms with E-state index in [1.165, 1.54) is 11.9 Å². The molecule has 4 heterocycles. The van der Waals surface area contributed by atoms with Crippen LogP contribution in [0, 0.1) is 6.92 Å². The van der Waals surface area contributed by atoms with Crippen molar-refractivity contribution in [1.82, 2.24) is 24.5 Å². The molecule has 9 heteroatoms. The van der Waals surface area contributed by atoms with Crippen LogP contribution in [0.4, 0.5) is 5.69 Å². The van der Waals surface area contributed by atoms with E-state index < -0.39 is 0 Å². The van der Waals surface area contributed by atoms with E-state index in [9.17, 15) is 4.79 Å². The molecule has 152 valence electrons. The monoisotopic (exact) mass is 440 g/mol. The van der Waals surface area contributed by atoms with E-state index in [1.807, 2.05) is 11.6 Å². The van der Waals surface area contributed by atoms with E-state index in [1.54, 1.807) is 28.9 Å². The predicted molar refractivity (Wildman–Crippen MR) is 116 cm³/mol. The molecule has 3 aromatic heterocycles. The van der Waals surface area contributed by atoms with Gasteiger partial charge in [-0.3, -0.25) is 9.48 Å². The number of pyridine rings is 1. The average molecular weight is 441 g/mol. The Morgan fingerprint density at radius 2 is 2.00 bits per heavy atom. The zero-order chi connectivity index (χ0) is 20.8. The second-order valence-electron chi connectivity index (χ2n) is 7.34. The van der Waals surface area contributed by atoms with Crippen LogP contribution in [0.2, 0.25) is 10.0 Å². The number of benzene rings is 1. The van der Waals surface area contributed by atoms with Crippen molar-refractivity contribution < 1.29 is 4.79 Å². The number of hydrogen-bond acceptors (Lipinski definition) is 4. The molecule has 0 saturated carbocycles. The van der Waals surface area contributed by atoms with Crippen molar-refractivity contribution in [2.45, 2.75) is 32.9 Å². The molecule has 0 radical (unpaired) electrons. The summed E-state index contributed by atoms with van der Waals surface area (Å²) in [5, 5.41) is 13.7. The van der Waals surface area contributed by atoms with Crippen LogP contribution in [0.5, 0.6) is 0 Å². The quantitative estimate of drug-likeness (QED) is 0.506. The number of nitrogens with one attached hydrogen (secondary N) is 1. The van der Waals surface area contributed by atoms with Gasteiger partial charge in [-0.25, -0.2) is 9.67 Å². The highest BCUT2D eigenvalue weighted by atomic mass is 35.5. The second kappa shape index (κ2) is 7.41. The number of fused-ring (bicyclic) bond motifs is 2. The number of aromatic nitrogens is 5. The Morgan fingerprint density at radius 3 is 2.77 bits per heavy atom. The standard InChI is InChI=1S/C21H18Cl2N6O/c1-12-18-19(23)17(21(30)25-14-6-4-13(22)5-7-14)10-24-20(18)29(26-12)11-15-9-16-3-2-8-28(16)27-15/h4-7,9-10H,2-3,8,11H2,1H3,(H,25,30). The van der Waals surface area contributed by atoms with E-state index in [0.717, 1.165) is 30.8 Å². The first-order chi connectivity index (χ1) is 14.5. The summed E-state index contributed by atoms with van der Waals surface area (Å²) in [6.45, 7) is 3.33. The maximum atomic E-state index is 12.7. The van der Waals surface area contributed by atoms with E-state index in [2.05, 4.69) is 26.6 Å². The molecule has 1 aliphatic heterocycles. The molecule has 0 aliphatic carbocycles. The van der Waals surface area contributed by atoms with E-state index in [4.69, 9.17) is 23.2 Å². The molecule has 0 unspecified atom stereocenters. The molecule has 4 aromatic rings. The zero-order valence-corrected chi connectivity index (χ0v) is 17.7. The Hall–Kier alpha value is -2.90. The Morgan fingerprint density at radius 1 is 1.20 bits per heavy atom. The van der Waals surface area contributed by atoms with Gasteiger partial charge in [0.05, 0.1) is 33.9 Å². The van der Waals surface area contributed by atoms with Crippen molar-refractivity contribution in [3.63, 3.8) is 0 Å². The highest BCUT2D eigenvalue weighted by Gasteiger charge is 2.21. The number of aryl methyl sites for hydroxylation is 3. The van der Waals surface area contributed by atoms with Gasteiger partial charge in [-0.15, -0.1) is 0 Å². The number of amides is 1. The molecule has 7 nitrogen and oxygen atoms in total. The number of carbonyl (C=O) groups excluding carboxylic acids is 1. The van der Waals surface area contributed by atoms with Gasteiger partial charge in [0.1, 0.15) is 0 Å². The van der Waals surface area contributed by atoms with Gasteiger partial charge in [-0.05, 0) is 50.1 Å². The Bertz CT molecular complexity index is 1250. The number of carbonyl (C=O) groups is 1. The molecule has 1 N–H and O–H groups in total. The van der Waals surface area contributed by atoms with Gasteiger partial charge in [0.25, 0.3) is 5.91 Å². The summed E-state index contributed by atoms with van der Waals surface area (Å²) in [6, 6.07) is 8.99. The van der Waals surface area contributed by atoms with Crippen LogP contribution in [0.15, 0.2) is 36.5 Å². The largest absolute Gasteiger partial charge is 0.322 e. The predicted octanol–water partition coefficient (Wildman–Crippen LogP) is 4.49. The highest BCUT2D eigenvalue weighted by Crippen LogP contribution is 2.29. The summed E-state index contributed by atoms with van der Waals surface area (Å²) < 4.78 is 3.84. The fourth-order valence-corrected chi connectivity index (χ4v) is 4.31. The molecule has 0 spiro atoms. The summed E-state index contributed by atoms with van der Waals surface area (Å²) in [5.41, 5.74) is 4.47. The average Bonchev–Trinajstić information content (AvgIpc) is 3.38. The second-order valence-corrected chi connectivity index (χ2v) is 8.16. The third kappa shape index (κ3) is 3.34. The van der Waals surface area contributed by atoms with Gasteiger partial charge in [0.15, 0.2) is 5.65 Å². The van der Waals surface area contributed by atoms with Crippen LogP contribution < -0.4 is 5.32 Å². The van der Waals surface area contributed by atoms with E-state index in [-0.39, 0.29) is 5.91 Å². The lowest BCUT2D eigenvalue weighted by Crippen LogP contribution is -2.13. The summed E-state index contributed by atoms with van der Waals surface area (Å²) >= 11 is 12.5. The van der Waals surface area contributed by atoms with E-state index in [0.29, 0.717) is 38.9 Å². The molecule has 30 heavy (non-hydrogen) atoms. The number of halogens is 2. The van der Waals surface area contributed by atoms with Gasteiger partial charge in [-0.2, -0.15) is 10.2 Å². The minimum absolute atomic E-state index is 0.294. The lowest BCUT2D eigenvalue weighted by molar-refractivity contribution is 0.102. The first-order valence-corrected chi connectivity index (χ1v) is 10.4. The van der Waals surface area contributed by atoms with Crippen LogP contribution in [0.1, 0.15) is 33.9 Å². The number of hydrogen-bond donors (Lipinski definition) is 1. The highest BCUT2D eigenvalue weighted by molar-refractivity contribution is 6.39. The molecule has 1 amide bonds. The fraction of sp³-hybridized carbons (Fsp3) is 0.238. The molecule has 0 fully saturated rings. The molecule has 0 bridgehead atoms. The number of nitrogens with zero attached hydrogens (tertiary/aromatic N) is 5. The zero-order valence-electron chi connectivity index (χ0n) is 16.2. The maximum Gasteiger partial charge on any atom is 0.258 e. The Kier molecular flexibility index (Phi) is 4.72. The van der Waals surface area contributed by atoms with Gasteiger partial charge in [-0.1, -0.05) is 23.2 Å². The summed E-state index contributed by atoms with van der Waals surface area (Å²) in [6.07, 6.45) is 3.69. The smallest absolute Gasteiger partial charge is 0.258 e. The minimum Gasteiger partial charge on any atom is -0.322 e. The van der Waals surface area contributed by atoms with Crippen molar-refractivity contribution in [2.75, 3.05) is 5.32 Å². The van der Waals surface area contributed by atoms with Crippen molar-refractivity contribution in [2.24, 2.45) is 0 Å². The Labute approximate surface area is 182 Å². The van der Waals surface area contributed by atoms with E-state index >= 15 is 0 Å². The molecule has 0 saturated heterocycles. The minimum atomic E-state index is -0.339. The number of rotatable bonds is 4. The molecule has 1 aromatic carbocycles. The van der Waals surface area contributed by atoms with Crippen LogP contribution in [0.3, 0.4) is 0 Å². The maximum absolute atomic E-state index is 12.7.